The molecule has 0 fully saturated rings. The van der Waals surface area contributed by atoms with Gasteiger partial charge in [0, 0.05) is 0 Å². The minimum Gasteiger partial charge on any atom is -0.298 e. The van der Waals surface area contributed by atoms with E-state index in [1.54, 1.807) is 6.20 Å². The lowest BCUT2D eigenvalue weighted by Crippen LogP contribution is -2.12. The number of benzene rings is 1. The van der Waals surface area contributed by atoms with E-state index in [4.69, 9.17) is 11.6 Å². The minimum atomic E-state index is -0.483. The normalized spacial score (nSPS) is 10.3. The van der Waals surface area contributed by atoms with Gasteiger partial charge in [0.1, 0.15) is 5.82 Å². The van der Waals surface area contributed by atoms with Crippen LogP contribution in [0.5, 0.6) is 0 Å². The zero-order valence-corrected chi connectivity index (χ0v) is 11.4. The van der Waals surface area contributed by atoms with Crippen molar-refractivity contribution in [3.8, 4) is 0 Å². The number of aromatic nitrogens is 1. The van der Waals surface area contributed by atoms with E-state index >= 15 is 0 Å². The third-order valence-corrected chi connectivity index (χ3v) is 3.58. The van der Waals surface area contributed by atoms with Gasteiger partial charge in [-0.05, 0) is 34.1 Å². The first-order valence-electron chi connectivity index (χ1n) is 4.44. The van der Waals surface area contributed by atoms with Crippen molar-refractivity contribution >= 4 is 49.9 Å². The second-order valence-corrected chi connectivity index (χ2v) is 5.86. The average Bonchev–Trinajstić information content (AvgIpc) is 2.63. The van der Waals surface area contributed by atoms with Gasteiger partial charge in [-0.25, -0.2) is 9.37 Å². The van der Waals surface area contributed by atoms with E-state index in [0.717, 1.165) is 9.85 Å². The van der Waals surface area contributed by atoms with Crippen LogP contribution in [-0.2, 0) is 0 Å². The number of rotatable bonds is 2. The van der Waals surface area contributed by atoms with Gasteiger partial charge < -0.3 is 0 Å². The lowest BCUT2D eigenvalue weighted by molar-refractivity contribution is 0.102. The Morgan fingerprint density at radius 1 is 1.53 bits per heavy atom. The number of nitrogens with one attached hydrogen (secondary N) is 1. The number of thiazole rings is 1. The third-order valence-electron chi connectivity index (χ3n) is 1.87. The van der Waals surface area contributed by atoms with Crippen LogP contribution in [0.4, 0.5) is 9.52 Å². The molecular formula is C10H5BrClFN2OS. The number of hydrogen-bond acceptors (Lipinski definition) is 3. The van der Waals surface area contributed by atoms with Crippen LogP contribution >= 0.6 is 38.9 Å². The molecule has 0 aliphatic rings. The lowest BCUT2D eigenvalue weighted by Gasteiger charge is -2.03. The molecule has 7 heteroatoms. The predicted octanol–water partition coefficient (Wildman–Crippen LogP) is 3.95. The Kier molecular flexibility index (Phi) is 3.76. The van der Waals surface area contributed by atoms with E-state index in [9.17, 15) is 9.18 Å². The van der Waals surface area contributed by atoms with E-state index in [2.05, 4.69) is 26.2 Å². The number of carbonyl (C=O) groups is 1. The summed E-state index contributed by atoms with van der Waals surface area (Å²) in [4.78, 5) is 15.7. The lowest BCUT2D eigenvalue weighted by atomic mass is 10.2. The van der Waals surface area contributed by atoms with Gasteiger partial charge in [0.05, 0.1) is 20.6 Å². The number of halogens is 3. The molecule has 1 aromatic heterocycles. The Balaban J connectivity index is 2.20. The van der Waals surface area contributed by atoms with Crippen molar-refractivity contribution in [2.75, 3.05) is 5.32 Å². The Hall–Kier alpha value is -0.980. The smallest absolute Gasteiger partial charge is 0.258 e. The number of anilines is 1. The molecule has 0 aliphatic heterocycles. The van der Waals surface area contributed by atoms with Crippen LogP contribution in [-0.4, -0.2) is 10.9 Å². The fourth-order valence-corrected chi connectivity index (χ4v) is 2.50. The van der Waals surface area contributed by atoms with Gasteiger partial charge in [-0.15, -0.1) is 0 Å². The maximum atomic E-state index is 12.8. The molecule has 0 saturated heterocycles. The summed E-state index contributed by atoms with van der Waals surface area (Å²) >= 11 is 10.3. The van der Waals surface area contributed by atoms with Crippen molar-refractivity contribution in [2.45, 2.75) is 0 Å². The van der Waals surface area contributed by atoms with E-state index in [0.29, 0.717) is 5.13 Å². The highest BCUT2D eigenvalue weighted by Gasteiger charge is 2.12. The molecule has 0 unspecified atom stereocenters. The van der Waals surface area contributed by atoms with Gasteiger partial charge >= 0.3 is 0 Å². The van der Waals surface area contributed by atoms with Crippen LogP contribution < -0.4 is 5.32 Å². The summed E-state index contributed by atoms with van der Waals surface area (Å²) in [5, 5.41) is 3.09. The molecule has 0 bridgehead atoms. The van der Waals surface area contributed by atoms with Crippen LogP contribution in [0.15, 0.2) is 28.2 Å². The van der Waals surface area contributed by atoms with Gasteiger partial charge in [-0.3, -0.25) is 10.1 Å². The van der Waals surface area contributed by atoms with E-state index in [1.165, 1.54) is 23.5 Å². The van der Waals surface area contributed by atoms with Gasteiger partial charge in [-0.2, -0.15) is 0 Å². The van der Waals surface area contributed by atoms with Crippen molar-refractivity contribution in [1.82, 2.24) is 4.98 Å². The molecule has 2 rings (SSSR count). The molecule has 1 amide bonds. The Morgan fingerprint density at radius 2 is 2.29 bits per heavy atom. The monoisotopic (exact) mass is 334 g/mol. The van der Waals surface area contributed by atoms with Crippen molar-refractivity contribution in [2.24, 2.45) is 0 Å². The standard InChI is InChI=1S/C10H5BrClFN2OS/c11-8-4-14-10(17-8)15-9(16)6-2-1-5(13)3-7(6)12/h1-4H,(H,14,15,16). The fourth-order valence-electron chi connectivity index (χ4n) is 1.15. The number of hydrogen-bond donors (Lipinski definition) is 1. The average molecular weight is 336 g/mol. The van der Waals surface area contributed by atoms with Crippen LogP contribution in [0.2, 0.25) is 5.02 Å². The summed E-state index contributed by atoms with van der Waals surface area (Å²) in [5.41, 5.74) is 0.208. The molecular weight excluding hydrogens is 331 g/mol. The second-order valence-electron chi connectivity index (χ2n) is 3.05. The number of nitrogens with zero attached hydrogens (tertiary/aromatic N) is 1. The Bertz CT molecular complexity index is 575. The van der Waals surface area contributed by atoms with E-state index in [-0.39, 0.29) is 10.6 Å². The van der Waals surface area contributed by atoms with Gasteiger partial charge in [0.15, 0.2) is 5.13 Å². The van der Waals surface area contributed by atoms with E-state index in [1.807, 2.05) is 0 Å². The van der Waals surface area contributed by atoms with Crippen LogP contribution in [0.1, 0.15) is 10.4 Å². The topological polar surface area (TPSA) is 42.0 Å². The third kappa shape index (κ3) is 3.02. The van der Waals surface area contributed by atoms with Crippen LogP contribution in [0.3, 0.4) is 0 Å². The molecule has 3 nitrogen and oxygen atoms in total. The second kappa shape index (κ2) is 5.12. The first-order valence-corrected chi connectivity index (χ1v) is 6.43. The van der Waals surface area contributed by atoms with Gasteiger partial charge in [0.25, 0.3) is 5.91 Å². The Morgan fingerprint density at radius 3 is 2.88 bits per heavy atom. The predicted molar refractivity (Wildman–Crippen MR) is 69.2 cm³/mol. The summed E-state index contributed by atoms with van der Waals surface area (Å²) in [7, 11) is 0. The molecule has 2 aromatic rings. The summed E-state index contributed by atoms with van der Waals surface area (Å²) in [6, 6.07) is 3.60. The maximum Gasteiger partial charge on any atom is 0.258 e. The first kappa shape index (κ1) is 12.5. The molecule has 0 spiro atoms. The zero-order valence-electron chi connectivity index (χ0n) is 8.21. The van der Waals surface area contributed by atoms with Crippen LogP contribution in [0, 0.1) is 5.82 Å². The van der Waals surface area contributed by atoms with Crippen molar-refractivity contribution in [1.29, 1.82) is 0 Å². The molecule has 0 saturated carbocycles. The highest BCUT2D eigenvalue weighted by molar-refractivity contribution is 9.11. The zero-order chi connectivity index (χ0) is 12.4. The van der Waals surface area contributed by atoms with Gasteiger partial charge in [-0.1, -0.05) is 22.9 Å². The molecule has 1 N–H and O–H groups in total. The molecule has 17 heavy (non-hydrogen) atoms. The summed E-state index contributed by atoms with van der Waals surface area (Å²) in [5.74, 6) is -0.902. The maximum absolute atomic E-state index is 12.8. The molecule has 88 valence electrons. The number of amides is 1. The molecule has 0 atom stereocenters. The summed E-state index contributed by atoms with van der Waals surface area (Å²) in [6.45, 7) is 0. The minimum absolute atomic E-state index is 0.0677. The highest BCUT2D eigenvalue weighted by atomic mass is 79.9. The first-order chi connectivity index (χ1) is 8.06. The van der Waals surface area contributed by atoms with E-state index < -0.39 is 11.7 Å². The van der Waals surface area contributed by atoms with Crippen molar-refractivity contribution < 1.29 is 9.18 Å². The molecule has 0 radical (unpaired) electrons. The fraction of sp³-hybridized carbons (Fsp3) is 0. The summed E-state index contributed by atoms with van der Waals surface area (Å²) < 4.78 is 13.6. The largest absolute Gasteiger partial charge is 0.298 e. The van der Waals surface area contributed by atoms with Crippen LogP contribution in [0.25, 0.3) is 0 Å². The molecule has 1 heterocycles. The quantitative estimate of drug-likeness (QED) is 0.903. The number of carbonyl (C=O) groups excluding carboxylic acids is 1. The molecule has 0 aliphatic carbocycles. The van der Waals surface area contributed by atoms with Crippen molar-refractivity contribution in [3.05, 3.63) is 44.6 Å². The van der Waals surface area contributed by atoms with Crippen molar-refractivity contribution in [3.63, 3.8) is 0 Å². The SMILES string of the molecule is O=C(Nc1ncc(Br)s1)c1ccc(F)cc1Cl. The van der Waals surface area contributed by atoms with Gasteiger partial charge in [0.2, 0.25) is 0 Å². The molecule has 1 aromatic carbocycles. The highest BCUT2D eigenvalue weighted by Crippen LogP contribution is 2.24. The summed E-state index contributed by atoms with van der Waals surface area (Å²) in [6.07, 6.45) is 1.58. The Labute approximate surface area is 114 Å².